The van der Waals surface area contributed by atoms with Gasteiger partial charge in [-0.1, -0.05) is 49.1 Å². The van der Waals surface area contributed by atoms with Crippen molar-refractivity contribution in [2.24, 2.45) is 5.92 Å². The Morgan fingerprint density at radius 1 is 1.00 bits per heavy atom. The van der Waals surface area contributed by atoms with E-state index in [0.717, 1.165) is 36.8 Å². The summed E-state index contributed by atoms with van der Waals surface area (Å²) < 4.78 is 1.82. The summed E-state index contributed by atoms with van der Waals surface area (Å²) >= 11 is 6.01. The van der Waals surface area contributed by atoms with Crippen LogP contribution in [0.5, 0.6) is 0 Å². The van der Waals surface area contributed by atoms with Gasteiger partial charge in [0, 0.05) is 49.0 Å². The molecule has 0 aliphatic heterocycles. The Morgan fingerprint density at radius 2 is 1.84 bits per heavy atom. The molecule has 196 valence electrons. The predicted octanol–water partition coefficient (Wildman–Crippen LogP) is 5.00. The van der Waals surface area contributed by atoms with Gasteiger partial charge in [-0.05, 0) is 48.1 Å². The molecule has 38 heavy (non-hydrogen) atoms. The number of nitrogens with zero attached hydrogens (tertiary/aromatic N) is 5. The average Bonchev–Trinajstić information content (AvgIpc) is 3.51. The fourth-order valence-electron chi connectivity index (χ4n) is 4.72. The Hall–Kier alpha value is -3.98. The van der Waals surface area contributed by atoms with Gasteiger partial charge in [0.25, 0.3) is 0 Å². The number of imidazole rings is 1. The van der Waals surface area contributed by atoms with Crippen LogP contribution in [0.15, 0.2) is 73.6 Å². The first kappa shape index (κ1) is 25.7. The molecule has 1 unspecified atom stereocenters. The van der Waals surface area contributed by atoms with Crippen molar-refractivity contribution in [3.8, 4) is 5.82 Å². The molecule has 1 atom stereocenters. The summed E-state index contributed by atoms with van der Waals surface area (Å²) in [5.74, 6) is 1.85. The number of carbonyl (C=O) groups is 1. The summed E-state index contributed by atoms with van der Waals surface area (Å²) in [4.78, 5) is 31.2. The number of carbonyl (C=O) groups excluding carboxylic acids is 1. The third-order valence-electron chi connectivity index (χ3n) is 6.74. The molecule has 0 saturated heterocycles. The summed E-state index contributed by atoms with van der Waals surface area (Å²) in [6.07, 6.45) is 14.2. The van der Waals surface area contributed by atoms with Crippen molar-refractivity contribution in [3.63, 3.8) is 0 Å². The first-order chi connectivity index (χ1) is 18.6. The van der Waals surface area contributed by atoms with Crippen molar-refractivity contribution in [2.75, 3.05) is 10.6 Å². The number of halogens is 1. The van der Waals surface area contributed by atoms with Crippen LogP contribution in [0.25, 0.3) is 5.82 Å². The number of rotatable bonds is 10. The lowest BCUT2D eigenvalue weighted by Crippen LogP contribution is -2.45. The van der Waals surface area contributed by atoms with Crippen LogP contribution in [0.3, 0.4) is 0 Å². The van der Waals surface area contributed by atoms with Crippen molar-refractivity contribution < 1.29 is 4.79 Å². The smallest absolute Gasteiger partial charge is 0.243 e. The lowest BCUT2D eigenvalue weighted by Gasteiger charge is -2.30. The maximum Gasteiger partial charge on any atom is 0.243 e. The molecule has 1 saturated carbocycles. The average molecular weight is 531 g/mol. The number of anilines is 2. The lowest BCUT2D eigenvalue weighted by atomic mass is 9.83. The topological polar surface area (TPSA) is 110 Å². The normalized spacial score (nSPS) is 14.6. The zero-order valence-corrected chi connectivity index (χ0v) is 21.8. The highest BCUT2D eigenvalue weighted by Gasteiger charge is 2.30. The molecule has 1 amide bonds. The standard InChI is InChI=1S/C28H31ClN8O/c29-23-10-8-20(9-11-23)17-32-27(38)26(22-6-2-1-3-7-22)34-24-15-25(37-14-13-31-19-37)36-28(35-24)33-18-21-5-4-12-30-16-21/h4-5,8-16,19,22,26H,1-3,6-7,17-18H2,(H,32,38)(H2,33,34,35,36). The summed E-state index contributed by atoms with van der Waals surface area (Å²) in [7, 11) is 0. The monoisotopic (exact) mass is 530 g/mol. The molecule has 0 bridgehead atoms. The molecule has 0 spiro atoms. The van der Waals surface area contributed by atoms with Gasteiger partial charge in [-0.25, -0.2) is 4.98 Å². The molecule has 1 aromatic carbocycles. The Labute approximate surface area is 227 Å². The SMILES string of the molecule is O=C(NCc1ccc(Cl)cc1)C(Nc1cc(-n2ccnc2)nc(NCc2cccnc2)n1)C1CCCCC1. The molecule has 1 fully saturated rings. The molecule has 1 aliphatic rings. The third-order valence-corrected chi connectivity index (χ3v) is 6.99. The van der Waals surface area contributed by atoms with E-state index in [9.17, 15) is 4.79 Å². The molecule has 0 radical (unpaired) electrons. The highest BCUT2D eigenvalue weighted by molar-refractivity contribution is 6.30. The van der Waals surface area contributed by atoms with Gasteiger partial charge in [0.2, 0.25) is 11.9 Å². The zero-order valence-electron chi connectivity index (χ0n) is 21.1. The van der Waals surface area contributed by atoms with Crippen molar-refractivity contribution in [2.45, 2.75) is 51.2 Å². The van der Waals surface area contributed by atoms with E-state index < -0.39 is 6.04 Å². The quantitative estimate of drug-likeness (QED) is 0.264. The van der Waals surface area contributed by atoms with Crippen molar-refractivity contribution in [1.29, 1.82) is 0 Å². The zero-order chi connectivity index (χ0) is 26.2. The minimum atomic E-state index is -0.417. The Morgan fingerprint density at radius 3 is 2.58 bits per heavy atom. The molecule has 10 heteroatoms. The van der Waals surface area contributed by atoms with Gasteiger partial charge in [-0.2, -0.15) is 9.97 Å². The summed E-state index contributed by atoms with van der Waals surface area (Å²) in [6.45, 7) is 0.956. The van der Waals surface area contributed by atoms with E-state index >= 15 is 0 Å². The fourth-order valence-corrected chi connectivity index (χ4v) is 4.85. The van der Waals surface area contributed by atoms with Crippen LogP contribution in [0.4, 0.5) is 11.8 Å². The Kier molecular flexibility index (Phi) is 8.45. The number of nitrogens with one attached hydrogen (secondary N) is 3. The van der Waals surface area contributed by atoms with Crippen LogP contribution in [-0.2, 0) is 17.9 Å². The number of hydrogen-bond acceptors (Lipinski definition) is 7. The van der Waals surface area contributed by atoms with Gasteiger partial charge in [0.15, 0.2) is 0 Å². The van der Waals surface area contributed by atoms with Gasteiger partial charge in [0.05, 0.1) is 0 Å². The van der Waals surface area contributed by atoms with E-state index in [4.69, 9.17) is 16.6 Å². The maximum atomic E-state index is 13.5. The number of pyridine rings is 1. The Balaban J connectivity index is 1.37. The van der Waals surface area contributed by atoms with Gasteiger partial charge in [-0.15, -0.1) is 0 Å². The molecular weight excluding hydrogens is 500 g/mol. The number of hydrogen-bond donors (Lipinski definition) is 3. The first-order valence-corrected chi connectivity index (χ1v) is 13.3. The summed E-state index contributed by atoms with van der Waals surface area (Å²) in [5, 5.41) is 10.5. The summed E-state index contributed by atoms with van der Waals surface area (Å²) in [5.41, 5.74) is 2.01. The van der Waals surface area contributed by atoms with Crippen LogP contribution in [-0.4, -0.2) is 36.5 Å². The second kappa shape index (κ2) is 12.5. The second-order valence-corrected chi connectivity index (χ2v) is 9.92. The third kappa shape index (κ3) is 6.86. The van der Waals surface area contributed by atoms with Gasteiger partial charge < -0.3 is 16.0 Å². The number of amides is 1. The second-order valence-electron chi connectivity index (χ2n) is 9.48. The van der Waals surface area contributed by atoms with Crippen molar-refractivity contribution in [1.82, 2.24) is 29.8 Å². The fraction of sp³-hybridized carbons (Fsp3) is 0.321. The van der Waals surface area contributed by atoms with E-state index in [2.05, 4.69) is 30.9 Å². The lowest BCUT2D eigenvalue weighted by molar-refractivity contribution is -0.123. The molecular formula is C28H31ClN8O. The van der Waals surface area contributed by atoms with Crippen LogP contribution in [0.2, 0.25) is 5.02 Å². The van der Waals surface area contributed by atoms with Crippen molar-refractivity contribution in [3.05, 3.63) is 89.7 Å². The minimum absolute atomic E-state index is 0.0421. The van der Waals surface area contributed by atoms with E-state index in [1.165, 1.54) is 6.42 Å². The van der Waals surface area contributed by atoms with Crippen LogP contribution in [0.1, 0.15) is 43.2 Å². The minimum Gasteiger partial charge on any atom is -0.358 e. The van der Waals surface area contributed by atoms with E-state index in [-0.39, 0.29) is 11.8 Å². The molecule has 9 nitrogen and oxygen atoms in total. The number of aromatic nitrogens is 5. The van der Waals surface area contributed by atoms with Crippen LogP contribution >= 0.6 is 11.6 Å². The molecule has 3 N–H and O–H groups in total. The highest BCUT2D eigenvalue weighted by atomic mass is 35.5. The Bertz CT molecular complexity index is 1310. The first-order valence-electron chi connectivity index (χ1n) is 12.9. The highest BCUT2D eigenvalue weighted by Crippen LogP contribution is 2.29. The molecule has 1 aliphatic carbocycles. The summed E-state index contributed by atoms with van der Waals surface area (Å²) in [6, 6.07) is 12.8. The van der Waals surface area contributed by atoms with Crippen LogP contribution in [0, 0.1) is 5.92 Å². The molecule has 5 rings (SSSR count). The predicted molar refractivity (Wildman–Crippen MR) is 148 cm³/mol. The van der Waals surface area contributed by atoms with E-state index in [0.29, 0.717) is 35.7 Å². The van der Waals surface area contributed by atoms with Crippen LogP contribution < -0.4 is 16.0 Å². The number of benzene rings is 1. The van der Waals surface area contributed by atoms with Gasteiger partial charge in [0.1, 0.15) is 24.0 Å². The molecule has 3 aromatic heterocycles. The van der Waals surface area contributed by atoms with E-state index in [1.54, 1.807) is 24.9 Å². The maximum absolute atomic E-state index is 13.5. The van der Waals surface area contributed by atoms with E-state index in [1.807, 2.05) is 53.2 Å². The largest absolute Gasteiger partial charge is 0.358 e. The molecule has 3 heterocycles. The van der Waals surface area contributed by atoms with Crippen molar-refractivity contribution >= 4 is 29.3 Å². The van der Waals surface area contributed by atoms with Gasteiger partial charge >= 0.3 is 0 Å². The van der Waals surface area contributed by atoms with Gasteiger partial charge in [-0.3, -0.25) is 14.3 Å². The molecule has 4 aromatic rings.